The van der Waals surface area contributed by atoms with Crippen LogP contribution in [0.2, 0.25) is 0 Å². The van der Waals surface area contributed by atoms with Crippen LogP contribution in [0, 0.1) is 0 Å². The van der Waals surface area contributed by atoms with E-state index in [4.69, 9.17) is 16.2 Å². The summed E-state index contributed by atoms with van der Waals surface area (Å²) in [7, 11) is 0. The minimum absolute atomic E-state index is 0. The third-order valence-electron chi connectivity index (χ3n) is 3.30. The third kappa shape index (κ3) is 9.87. The highest BCUT2D eigenvalue weighted by atomic mass is 35.5. The Kier molecular flexibility index (Phi) is 11.5. The summed E-state index contributed by atoms with van der Waals surface area (Å²) in [5.41, 5.74) is 13.6. The lowest BCUT2D eigenvalue weighted by atomic mass is 10.0. The number of hydrogen-bond donors (Lipinski definition) is 2. The van der Waals surface area contributed by atoms with Crippen molar-refractivity contribution < 1.29 is 9.53 Å². The Morgan fingerprint density at radius 1 is 0.960 bits per heavy atom. The van der Waals surface area contributed by atoms with Crippen LogP contribution in [-0.2, 0) is 16.0 Å². The Morgan fingerprint density at radius 2 is 1.44 bits per heavy atom. The van der Waals surface area contributed by atoms with Crippen molar-refractivity contribution in [3.63, 3.8) is 0 Å². The van der Waals surface area contributed by atoms with E-state index in [0.29, 0.717) is 0 Å². The van der Waals surface area contributed by atoms with E-state index in [9.17, 15) is 4.79 Å². The molecule has 0 saturated carbocycles. The van der Waals surface area contributed by atoms with Crippen LogP contribution in [0.3, 0.4) is 0 Å². The Balaban J connectivity index is 0.000000465. The second-order valence-electron chi connectivity index (χ2n) is 5.97. The molecule has 4 nitrogen and oxygen atoms in total. The highest BCUT2D eigenvalue weighted by Crippen LogP contribution is 2.19. The summed E-state index contributed by atoms with van der Waals surface area (Å²) in [6.07, 6.45) is 0.620. The average molecular weight is 365 g/mol. The van der Waals surface area contributed by atoms with Crippen molar-refractivity contribution in [1.29, 1.82) is 0 Å². The first-order valence-electron chi connectivity index (χ1n) is 8.17. The SMILES string of the molecule is CC(=O)OC(c1ccccc1)C(C)N.CC(N)Cc1ccccc1.Cl. The molecule has 0 aliphatic rings. The maximum atomic E-state index is 10.9. The van der Waals surface area contributed by atoms with Gasteiger partial charge in [-0.25, -0.2) is 0 Å². The van der Waals surface area contributed by atoms with E-state index in [1.807, 2.05) is 62.4 Å². The van der Waals surface area contributed by atoms with E-state index < -0.39 is 0 Å². The molecule has 2 aromatic carbocycles. The van der Waals surface area contributed by atoms with Crippen molar-refractivity contribution in [2.75, 3.05) is 0 Å². The van der Waals surface area contributed by atoms with Gasteiger partial charge < -0.3 is 16.2 Å². The van der Waals surface area contributed by atoms with Crippen LogP contribution in [-0.4, -0.2) is 18.1 Å². The Labute approximate surface area is 157 Å². The number of nitrogens with two attached hydrogens (primary N) is 2. The first-order valence-corrected chi connectivity index (χ1v) is 8.17. The molecule has 0 fully saturated rings. The molecular weight excluding hydrogens is 336 g/mol. The molecule has 0 spiro atoms. The van der Waals surface area contributed by atoms with Gasteiger partial charge >= 0.3 is 5.97 Å². The second kappa shape index (κ2) is 12.5. The molecule has 3 unspecified atom stereocenters. The van der Waals surface area contributed by atoms with Gasteiger partial charge in [-0.3, -0.25) is 4.79 Å². The highest BCUT2D eigenvalue weighted by molar-refractivity contribution is 5.85. The van der Waals surface area contributed by atoms with Crippen LogP contribution in [0.15, 0.2) is 60.7 Å². The van der Waals surface area contributed by atoms with Gasteiger partial charge in [-0.15, -0.1) is 12.4 Å². The fraction of sp³-hybridized carbons (Fsp3) is 0.350. The average Bonchev–Trinajstić information content (AvgIpc) is 2.54. The lowest BCUT2D eigenvalue weighted by molar-refractivity contribution is -0.147. The zero-order valence-electron chi connectivity index (χ0n) is 15.1. The van der Waals surface area contributed by atoms with Gasteiger partial charge in [0.05, 0.1) is 0 Å². The first kappa shape index (κ1) is 23.1. The number of carbonyl (C=O) groups is 1. The molecule has 138 valence electrons. The van der Waals surface area contributed by atoms with Gasteiger partial charge in [0.15, 0.2) is 0 Å². The maximum absolute atomic E-state index is 10.9. The molecular formula is C20H29ClN2O2. The van der Waals surface area contributed by atoms with E-state index in [-0.39, 0.29) is 36.6 Å². The molecule has 0 saturated heterocycles. The van der Waals surface area contributed by atoms with Gasteiger partial charge in [-0.2, -0.15) is 0 Å². The summed E-state index contributed by atoms with van der Waals surface area (Å²) >= 11 is 0. The number of halogens is 1. The summed E-state index contributed by atoms with van der Waals surface area (Å²) in [5, 5.41) is 0. The Bertz CT molecular complexity index is 589. The highest BCUT2D eigenvalue weighted by Gasteiger charge is 2.18. The lowest BCUT2D eigenvalue weighted by Gasteiger charge is -2.20. The van der Waals surface area contributed by atoms with Crippen LogP contribution >= 0.6 is 12.4 Å². The van der Waals surface area contributed by atoms with Gasteiger partial charge in [-0.05, 0) is 31.4 Å². The lowest BCUT2D eigenvalue weighted by Crippen LogP contribution is -2.28. The van der Waals surface area contributed by atoms with Crippen LogP contribution in [0.25, 0.3) is 0 Å². The number of esters is 1. The summed E-state index contributed by atoms with van der Waals surface area (Å²) in [6, 6.07) is 19.9. The van der Waals surface area contributed by atoms with Crippen molar-refractivity contribution in [2.24, 2.45) is 11.5 Å². The number of hydrogen-bond acceptors (Lipinski definition) is 4. The molecule has 0 heterocycles. The molecule has 0 radical (unpaired) electrons. The quantitative estimate of drug-likeness (QED) is 0.794. The topological polar surface area (TPSA) is 78.3 Å². The monoisotopic (exact) mass is 364 g/mol. The smallest absolute Gasteiger partial charge is 0.303 e. The normalized spacial score (nSPS) is 13.3. The van der Waals surface area contributed by atoms with E-state index in [1.165, 1.54) is 12.5 Å². The molecule has 4 N–H and O–H groups in total. The molecule has 3 atom stereocenters. The molecule has 0 aliphatic heterocycles. The van der Waals surface area contributed by atoms with Crippen LogP contribution in [0.1, 0.15) is 38.0 Å². The Hall–Kier alpha value is -1.88. The molecule has 25 heavy (non-hydrogen) atoms. The molecule has 0 aliphatic carbocycles. The van der Waals surface area contributed by atoms with E-state index >= 15 is 0 Å². The first-order chi connectivity index (χ1) is 11.4. The van der Waals surface area contributed by atoms with Gasteiger partial charge in [0, 0.05) is 19.0 Å². The zero-order chi connectivity index (χ0) is 17.9. The fourth-order valence-electron chi connectivity index (χ4n) is 2.29. The zero-order valence-corrected chi connectivity index (χ0v) is 15.9. The van der Waals surface area contributed by atoms with Gasteiger partial charge in [-0.1, -0.05) is 60.7 Å². The molecule has 5 heteroatoms. The van der Waals surface area contributed by atoms with E-state index in [1.54, 1.807) is 0 Å². The van der Waals surface area contributed by atoms with Crippen LogP contribution < -0.4 is 11.5 Å². The molecule has 2 aromatic rings. The largest absolute Gasteiger partial charge is 0.456 e. The summed E-state index contributed by atoms with van der Waals surface area (Å²) in [6.45, 7) is 5.23. The summed E-state index contributed by atoms with van der Waals surface area (Å²) in [4.78, 5) is 10.9. The van der Waals surface area contributed by atoms with Gasteiger partial charge in [0.25, 0.3) is 0 Å². The van der Waals surface area contributed by atoms with Crippen molar-refractivity contribution in [3.05, 3.63) is 71.8 Å². The minimum Gasteiger partial charge on any atom is -0.456 e. The molecule has 2 rings (SSSR count). The van der Waals surface area contributed by atoms with E-state index in [0.717, 1.165) is 12.0 Å². The number of ether oxygens (including phenoxy) is 1. The standard InChI is InChI=1S/C11H15NO2.C9H13N.ClH/c1-8(12)11(14-9(2)13)10-6-4-3-5-7-10;1-8(10)7-9-5-3-2-4-6-9;/h3-8,11H,12H2,1-2H3;2-6,8H,7,10H2,1H3;1H. The predicted octanol–water partition coefficient (Wildman–Crippen LogP) is 3.64. The maximum Gasteiger partial charge on any atom is 0.303 e. The van der Waals surface area contributed by atoms with Crippen LogP contribution in [0.4, 0.5) is 0 Å². The molecule has 0 bridgehead atoms. The minimum atomic E-state index is -0.353. The van der Waals surface area contributed by atoms with Gasteiger partial charge in [0.2, 0.25) is 0 Å². The molecule has 0 amide bonds. The fourth-order valence-corrected chi connectivity index (χ4v) is 2.29. The van der Waals surface area contributed by atoms with Crippen molar-refractivity contribution in [1.82, 2.24) is 0 Å². The van der Waals surface area contributed by atoms with Crippen molar-refractivity contribution >= 4 is 18.4 Å². The van der Waals surface area contributed by atoms with Crippen molar-refractivity contribution in [2.45, 2.75) is 45.4 Å². The number of rotatable bonds is 5. The van der Waals surface area contributed by atoms with Gasteiger partial charge in [0.1, 0.15) is 6.10 Å². The third-order valence-corrected chi connectivity index (χ3v) is 3.30. The summed E-state index contributed by atoms with van der Waals surface area (Å²) in [5.74, 6) is -0.309. The van der Waals surface area contributed by atoms with Crippen molar-refractivity contribution in [3.8, 4) is 0 Å². The van der Waals surface area contributed by atoms with E-state index in [2.05, 4.69) is 12.1 Å². The predicted molar refractivity (Wildman–Crippen MR) is 106 cm³/mol. The number of benzene rings is 2. The summed E-state index contributed by atoms with van der Waals surface area (Å²) < 4.78 is 5.13. The number of carbonyl (C=O) groups excluding carboxylic acids is 1. The van der Waals surface area contributed by atoms with Crippen LogP contribution in [0.5, 0.6) is 0 Å². The Morgan fingerprint density at radius 3 is 1.84 bits per heavy atom. The second-order valence-corrected chi connectivity index (χ2v) is 5.97. The molecule has 0 aromatic heterocycles.